The third-order valence-corrected chi connectivity index (χ3v) is 4.41. The van der Waals surface area contributed by atoms with Crippen molar-refractivity contribution in [3.05, 3.63) is 32.7 Å². The molecule has 0 saturated carbocycles. The molecule has 0 fully saturated rings. The molecule has 2 rings (SSSR count). The number of aryl methyl sites for hydroxylation is 1. The second-order valence-corrected chi connectivity index (χ2v) is 6.41. The first-order valence-electron chi connectivity index (χ1n) is 6.40. The molecule has 0 radical (unpaired) electrons. The van der Waals surface area contributed by atoms with Crippen LogP contribution in [0.5, 0.6) is 0 Å². The predicted octanol–water partition coefficient (Wildman–Crippen LogP) is 2.78. The maximum Gasteiger partial charge on any atom is 0.193 e. The highest BCUT2D eigenvalue weighted by molar-refractivity contribution is 14.0. The van der Waals surface area contributed by atoms with E-state index in [0.717, 1.165) is 41.2 Å². The molecule has 2 heterocycles. The SMILES string of the molecule is CN=C(NCCc1nccs1)N(C)Cc1csc(C)n1.I. The van der Waals surface area contributed by atoms with Crippen molar-refractivity contribution >= 4 is 52.6 Å². The second-order valence-electron chi connectivity index (χ2n) is 4.36. The Kier molecular flexibility index (Phi) is 8.12. The largest absolute Gasteiger partial charge is 0.356 e. The van der Waals surface area contributed by atoms with Crippen molar-refractivity contribution in [1.82, 2.24) is 20.2 Å². The fourth-order valence-electron chi connectivity index (χ4n) is 1.84. The van der Waals surface area contributed by atoms with E-state index in [-0.39, 0.29) is 24.0 Å². The summed E-state index contributed by atoms with van der Waals surface area (Å²) in [6.07, 6.45) is 2.76. The Hall–Kier alpha value is -0.740. The maximum absolute atomic E-state index is 4.47. The van der Waals surface area contributed by atoms with E-state index in [9.17, 15) is 0 Å². The van der Waals surface area contributed by atoms with Crippen LogP contribution in [0.1, 0.15) is 15.7 Å². The van der Waals surface area contributed by atoms with Crippen LogP contribution in [0.2, 0.25) is 0 Å². The van der Waals surface area contributed by atoms with Crippen molar-refractivity contribution in [1.29, 1.82) is 0 Å². The molecule has 116 valence electrons. The van der Waals surface area contributed by atoms with Crippen LogP contribution >= 0.6 is 46.7 Å². The molecule has 0 aliphatic rings. The van der Waals surface area contributed by atoms with Gasteiger partial charge in [-0.15, -0.1) is 46.7 Å². The molecule has 2 aromatic heterocycles. The lowest BCUT2D eigenvalue weighted by Gasteiger charge is -2.21. The van der Waals surface area contributed by atoms with Gasteiger partial charge in [0.1, 0.15) is 0 Å². The lowest BCUT2D eigenvalue weighted by molar-refractivity contribution is 0.471. The van der Waals surface area contributed by atoms with E-state index in [1.807, 2.05) is 25.5 Å². The van der Waals surface area contributed by atoms with E-state index >= 15 is 0 Å². The van der Waals surface area contributed by atoms with Crippen LogP contribution in [0, 0.1) is 6.92 Å². The third kappa shape index (κ3) is 5.87. The molecule has 0 unspecified atom stereocenters. The molecule has 0 aliphatic heterocycles. The summed E-state index contributed by atoms with van der Waals surface area (Å²) in [6, 6.07) is 0. The van der Waals surface area contributed by atoms with E-state index in [1.165, 1.54) is 0 Å². The van der Waals surface area contributed by atoms with E-state index < -0.39 is 0 Å². The van der Waals surface area contributed by atoms with Gasteiger partial charge in [-0.25, -0.2) is 9.97 Å². The molecule has 0 saturated heterocycles. The van der Waals surface area contributed by atoms with Crippen molar-refractivity contribution in [2.75, 3.05) is 20.6 Å². The van der Waals surface area contributed by atoms with Gasteiger partial charge in [-0.2, -0.15) is 0 Å². The molecule has 0 atom stereocenters. The fourth-order valence-corrected chi connectivity index (χ4v) is 3.07. The molecule has 5 nitrogen and oxygen atoms in total. The summed E-state index contributed by atoms with van der Waals surface area (Å²) in [5, 5.41) is 9.69. The molecular formula is C13H20IN5S2. The van der Waals surface area contributed by atoms with Gasteiger partial charge in [0.2, 0.25) is 0 Å². The molecule has 8 heteroatoms. The summed E-state index contributed by atoms with van der Waals surface area (Å²) in [5.74, 6) is 0.882. The smallest absolute Gasteiger partial charge is 0.193 e. The summed E-state index contributed by atoms with van der Waals surface area (Å²) in [6.45, 7) is 3.62. The molecule has 0 aliphatic carbocycles. The average Bonchev–Trinajstić information content (AvgIpc) is 3.06. The van der Waals surface area contributed by atoms with Crippen LogP contribution in [0.3, 0.4) is 0 Å². The van der Waals surface area contributed by atoms with Crippen LogP contribution in [-0.4, -0.2) is 41.5 Å². The number of nitrogens with zero attached hydrogens (tertiary/aromatic N) is 4. The van der Waals surface area contributed by atoms with Crippen LogP contribution in [0.25, 0.3) is 0 Å². The topological polar surface area (TPSA) is 53.4 Å². The number of hydrogen-bond acceptors (Lipinski definition) is 5. The van der Waals surface area contributed by atoms with Crippen molar-refractivity contribution < 1.29 is 0 Å². The van der Waals surface area contributed by atoms with Crippen LogP contribution in [-0.2, 0) is 13.0 Å². The van der Waals surface area contributed by atoms with E-state index in [4.69, 9.17) is 0 Å². The molecular weight excluding hydrogens is 417 g/mol. The Morgan fingerprint density at radius 2 is 2.24 bits per heavy atom. The Morgan fingerprint density at radius 1 is 1.43 bits per heavy atom. The van der Waals surface area contributed by atoms with Gasteiger partial charge < -0.3 is 10.2 Å². The number of aromatic nitrogens is 2. The second kappa shape index (κ2) is 9.31. The minimum Gasteiger partial charge on any atom is -0.356 e. The highest BCUT2D eigenvalue weighted by atomic mass is 127. The quantitative estimate of drug-likeness (QED) is 0.444. The van der Waals surface area contributed by atoms with E-state index in [2.05, 4.69) is 30.6 Å². The number of guanidine groups is 1. The molecule has 0 amide bonds. The molecule has 0 bridgehead atoms. The fraction of sp³-hybridized carbons (Fsp3) is 0.462. The minimum absolute atomic E-state index is 0. The number of rotatable bonds is 5. The van der Waals surface area contributed by atoms with Gasteiger partial charge in [0, 0.05) is 44.0 Å². The highest BCUT2D eigenvalue weighted by Gasteiger charge is 2.08. The van der Waals surface area contributed by atoms with Gasteiger partial charge in [-0.05, 0) is 6.92 Å². The van der Waals surface area contributed by atoms with E-state index in [0.29, 0.717) is 0 Å². The number of nitrogens with one attached hydrogen (secondary N) is 1. The Balaban J connectivity index is 0.00000220. The minimum atomic E-state index is 0. The van der Waals surface area contributed by atoms with Crippen LogP contribution < -0.4 is 5.32 Å². The maximum atomic E-state index is 4.47. The van der Waals surface area contributed by atoms with Gasteiger partial charge >= 0.3 is 0 Å². The van der Waals surface area contributed by atoms with Gasteiger partial charge in [0.25, 0.3) is 0 Å². The Morgan fingerprint density at radius 3 is 2.81 bits per heavy atom. The van der Waals surface area contributed by atoms with Crippen molar-refractivity contribution in [3.8, 4) is 0 Å². The lowest BCUT2D eigenvalue weighted by atomic mass is 10.4. The molecule has 2 aromatic rings. The number of aliphatic imine (C=N–C) groups is 1. The van der Waals surface area contributed by atoms with Gasteiger partial charge in [-0.3, -0.25) is 4.99 Å². The van der Waals surface area contributed by atoms with Crippen molar-refractivity contribution in [3.63, 3.8) is 0 Å². The summed E-state index contributed by atoms with van der Waals surface area (Å²) in [7, 11) is 3.82. The molecule has 1 N–H and O–H groups in total. The van der Waals surface area contributed by atoms with Crippen molar-refractivity contribution in [2.24, 2.45) is 4.99 Å². The van der Waals surface area contributed by atoms with Crippen LogP contribution in [0.4, 0.5) is 0 Å². The highest BCUT2D eigenvalue weighted by Crippen LogP contribution is 2.09. The van der Waals surface area contributed by atoms with Crippen LogP contribution in [0.15, 0.2) is 21.9 Å². The summed E-state index contributed by atoms with van der Waals surface area (Å²) in [4.78, 5) is 15.1. The Bertz CT molecular complexity index is 553. The molecule has 0 aromatic carbocycles. The van der Waals surface area contributed by atoms with Crippen molar-refractivity contribution in [2.45, 2.75) is 19.9 Å². The van der Waals surface area contributed by atoms with Gasteiger partial charge in [-0.1, -0.05) is 0 Å². The monoisotopic (exact) mass is 437 g/mol. The zero-order valence-electron chi connectivity index (χ0n) is 12.4. The molecule has 21 heavy (non-hydrogen) atoms. The zero-order valence-corrected chi connectivity index (χ0v) is 16.3. The standard InChI is InChI=1S/C13H19N5S2.HI/c1-10-17-11(9-20-10)8-18(3)13(14-2)16-5-4-12-15-6-7-19-12;/h6-7,9H,4-5,8H2,1-3H3,(H,14,16);1H. The predicted molar refractivity (Wildman–Crippen MR) is 101 cm³/mol. The van der Waals surface area contributed by atoms with E-state index in [1.54, 1.807) is 29.7 Å². The first-order chi connectivity index (χ1) is 9.69. The zero-order chi connectivity index (χ0) is 14.4. The number of thiazole rings is 2. The summed E-state index contributed by atoms with van der Waals surface area (Å²) < 4.78 is 0. The first-order valence-corrected chi connectivity index (χ1v) is 8.16. The molecule has 0 spiro atoms. The first kappa shape index (κ1) is 18.3. The lowest BCUT2D eigenvalue weighted by Crippen LogP contribution is -2.39. The average molecular weight is 437 g/mol. The summed E-state index contributed by atoms with van der Waals surface area (Å²) in [5.41, 5.74) is 1.08. The third-order valence-electron chi connectivity index (χ3n) is 2.74. The Labute approximate surface area is 150 Å². The van der Waals surface area contributed by atoms with Gasteiger partial charge in [0.15, 0.2) is 5.96 Å². The summed E-state index contributed by atoms with van der Waals surface area (Å²) >= 11 is 3.36. The van der Waals surface area contributed by atoms with Gasteiger partial charge in [0.05, 0.1) is 22.3 Å². The number of halogens is 1. The number of hydrogen-bond donors (Lipinski definition) is 1. The normalized spacial score (nSPS) is 11.1.